The zero-order chi connectivity index (χ0) is 17.9. The van der Waals surface area contributed by atoms with Gasteiger partial charge in [0.2, 0.25) is 10.0 Å². The van der Waals surface area contributed by atoms with E-state index in [9.17, 15) is 8.42 Å². The van der Waals surface area contributed by atoms with Crippen LogP contribution in [0.1, 0.15) is 16.7 Å². The average Bonchev–Trinajstić information content (AvgIpc) is 2.61. The summed E-state index contributed by atoms with van der Waals surface area (Å²) in [6.07, 6.45) is 0. The molecule has 134 valence electrons. The van der Waals surface area contributed by atoms with Crippen LogP contribution in [0.2, 0.25) is 0 Å². The summed E-state index contributed by atoms with van der Waals surface area (Å²) < 4.78 is 33.1. The fourth-order valence-electron chi connectivity index (χ4n) is 3.00. The van der Waals surface area contributed by atoms with Gasteiger partial charge >= 0.3 is 0 Å². The van der Waals surface area contributed by atoms with E-state index >= 15 is 0 Å². The first-order chi connectivity index (χ1) is 12.0. The lowest BCUT2D eigenvalue weighted by Crippen LogP contribution is -2.36. The third kappa shape index (κ3) is 4.39. The van der Waals surface area contributed by atoms with Crippen molar-refractivity contribution in [3.8, 4) is 0 Å². The molecule has 0 bridgehead atoms. The molecule has 0 unspecified atom stereocenters. The number of rotatable bonds is 5. The van der Waals surface area contributed by atoms with Crippen LogP contribution in [-0.2, 0) is 21.3 Å². The van der Waals surface area contributed by atoms with Gasteiger partial charge in [0.05, 0.1) is 18.1 Å². The molecule has 2 aromatic carbocycles. The molecule has 1 N–H and O–H groups in total. The molecule has 0 aromatic heterocycles. The number of sulfonamides is 1. The largest absolute Gasteiger partial charge is 0.378 e. The Morgan fingerprint density at radius 1 is 1.04 bits per heavy atom. The Bertz CT molecular complexity index is 826. The number of morpholine rings is 1. The monoisotopic (exact) mass is 360 g/mol. The number of ether oxygens (including phenoxy) is 1. The lowest BCUT2D eigenvalue weighted by molar-refractivity contribution is 0.122. The van der Waals surface area contributed by atoms with Gasteiger partial charge in [0.15, 0.2) is 0 Å². The summed E-state index contributed by atoms with van der Waals surface area (Å²) in [7, 11) is -3.51. The summed E-state index contributed by atoms with van der Waals surface area (Å²) in [5.74, 6) is 0. The van der Waals surface area contributed by atoms with Crippen LogP contribution in [0.3, 0.4) is 0 Å². The van der Waals surface area contributed by atoms with Crippen LogP contribution in [0.15, 0.2) is 47.4 Å². The normalized spacial score (nSPS) is 15.4. The molecular weight excluding hydrogens is 336 g/mol. The highest BCUT2D eigenvalue weighted by Gasteiger charge is 2.16. The number of hydrogen-bond donors (Lipinski definition) is 1. The minimum Gasteiger partial charge on any atom is -0.378 e. The minimum atomic E-state index is -3.51. The van der Waals surface area contributed by atoms with Gasteiger partial charge in [-0.05, 0) is 43.2 Å². The van der Waals surface area contributed by atoms with Crippen LogP contribution in [0.4, 0.5) is 5.69 Å². The molecule has 1 fully saturated rings. The molecule has 0 spiro atoms. The number of anilines is 1. The van der Waals surface area contributed by atoms with E-state index in [4.69, 9.17) is 4.74 Å². The second-order valence-electron chi connectivity index (χ2n) is 6.36. The van der Waals surface area contributed by atoms with E-state index in [0.717, 1.165) is 48.7 Å². The van der Waals surface area contributed by atoms with E-state index in [2.05, 4.69) is 9.62 Å². The number of hydrogen-bond acceptors (Lipinski definition) is 4. The summed E-state index contributed by atoms with van der Waals surface area (Å²) in [4.78, 5) is 2.61. The highest BCUT2D eigenvalue weighted by Crippen LogP contribution is 2.19. The lowest BCUT2D eigenvalue weighted by Gasteiger charge is -2.28. The van der Waals surface area contributed by atoms with Gasteiger partial charge in [-0.1, -0.05) is 29.8 Å². The smallest absolute Gasteiger partial charge is 0.241 e. The summed E-state index contributed by atoms with van der Waals surface area (Å²) in [6, 6.07) is 13.4. The van der Waals surface area contributed by atoms with E-state index in [1.54, 1.807) is 6.07 Å². The Hall–Kier alpha value is -1.89. The first kappa shape index (κ1) is 17.9. The first-order valence-electron chi connectivity index (χ1n) is 8.44. The van der Waals surface area contributed by atoms with Gasteiger partial charge in [0.25, 0.3) is 0 Å². The van der Waals surface area contributed by atoms with Gasteiger partial charge in [0, 0.05) is 25.3 Å². The van der Waals surface area contributed by atoms with Crippen molar-refractivity contribution < 1.29 is 13.2 Å². The molecule has 0 amide bonds. The zero-order valence-electron chi connectivity index (χ0n) is 14.7. The van der Waals surface area contributed by atoms with Crippen LogP contribution in [0.25, 0.3) is 0 Å². The highest BCUT2D eigenvalue weighted by atomic mass is 32.2. The summed E-state index contributed by atoms with van der Waals surface area (Å²) in [5, 5.41) is 0. The summed E-state index contributed by atoms with van der Waals surface area (Å²) in [5.41, 5.74) is 3.89. The van der Waals surface area contributed by atoms with Gasteiger partial charge in [0.1, 0.15) is 0 Å². The molecule has 25 heavy (non-hydrogen) atoms. The molecule has 1 aliphatic rings. The second kappa shape index (κ2) is 7.56. The molecule has 0 saturated carbocycles. The van der Waals surface area contributed by atoms with Crippen molar-refractivity contribution >= 4 is 15.7 Å². The van der Waals surface area contributed by atoms with Gasteiger partial charge in [-0.2, -0.15) is 0 Å². The molecule has 6 heteroatoms. The van der Waals surface area contributed by atoms with Crippen LogP contribution >= 0.6 is 0 Å². The van der Waals surface area contributed by atoms with Crippen molar-refractivity contribution in [2.45, 2.75) is 25.3 Å². The van der Waals surface area contributed by atoms with Crippen molar-refractivity contribution in [2.75, 3.05) is 31.2 Å². The summed E-state index contributed by atoms with van der Waals surface area (Å²) in [6.45, 7) is 7.32. The van der Waals surface area contributed by atoms with E-state index < -0.39 is 10.0 Å². The van der Waals surface area contributed by atoms with Crippen molar-refractivity contribution in [2.24, 2.45) is 0 Å². The molecule has 1 heterocycles. The van der Waals surface area contributed by atoms with E-state index in [0.29, 0.717) is 4.90 Å². The number of aryl methyl sites for hydroxylation is 2. The van der Waals surface area contributed by atoms with Gasteiger partial charge in [-0.3, -0.25) is 0 Å². The molecular formula is C19H24N2O3S. The zero-order valence-corrected chi connectivity index (χ0v) is 15.5. The Labute approximate surface area is 149 Å². The van der Waals surface area contributed by atoms with Gasteiger partial charge < -0.3 is 9.64 Å². The maximum absolute atomic E-state index is 12.5. The molecule has 0 aliphatic carbocycles. The predicted octanol–water partition coefficient (Wildman–Crippen LogP) is 2.62. The maximum Gasteiger partial charge on any atom is 0.241 e. The van der Waals surface area contributed by atoms with Crippen LogP contribution in [0.5, 0.6) is 0 Å². The van der Waals surface area contributed by atoms with E-state index in [-0.39, 0.29) is 6.54 Å². The predicted molar refractivity (Wildman–Crippen MR) is 99.4 cm³/mol. The van der Waals surface area contributed by atoms with Crippen molar-refractivity contribution in [3.05, 3.63) is 59.2 Å². The van der Waals surface area contributed by atoms with Crippen molar-refractivity contribution in [1.82, 2.24) is 4.72 Å². The van der Waals surface area contributed by atoms with Crippen LogP contribution in [0, 0.1) is 13.8 Å². The lowest BCUT2D eigenvalue weighted by atomic mass is 10.2. The Balaban J connectivity index is 1.66. The Kier molecular flexibility index (Phi) is 5.42. The number of benzene rings is 2. The fourth-order valence-corrected chi connectivity index (χ4v) is 4.25. The topological polar surface area (TPSA) is 58.6 Å². The quantitative estimate of drug-likeness (QED) is 0.890. The third-order valence-corrected chi connectivity index (χ3v) is 5.96. The van der Waals surface area contributed by atoms with Crippen molar-refractivity contribution in [3.63, 3.8) is 0 Å². The molecule has 5 nitrogen and oxygen atoms in total. The highest BCUT2D eigenvalue weighted by molar-refractivity contribution is 7.89. The third-order valence-electron chi connectivity index (χ3n) is 4.40. The van der Waals surface area contributed by atoms with Gasteiger partial charge in [-0.15, -0.1) is 0 Å². The Morgan fingerprint density at radius 3 is 2.36 bits per heavy atom. The van der Waals surface area contributed by atoms with E-state index in [1.807, 2.05) is 50.2 Å². The second-order valence-corrected chi connectivity index (χ2v) is 8.09. The minimum absolute atomic E-state index is 0.277. The van der Waals surface area contributed by atoms with Crippen LogP contribution < -0.4 is 9.62 Å². The standard InChI is InChI=1S/C19H24N2O3S/c1-15-3-8-19(16(2)13-15)25(22,23)20-14-17-4-6-18(7-5-17)21-9-11-24-12-10-21/h3-8,13,20H,9-12,14H2,1-2H3. The molecule has 3 rings (SSSR count). The molecule has 1 saturated heterocycles. The van der Waals surface area contributed by atoms with Crippen molar-refractivity contribution in [1.29, 1.82) is 0 Å². The molecule has 2 aromatic rings. The Morgan fingerprint density at radius 2 is 1.72 bits per heavy atom. The number of nitrogens with zero attached hydrogens (tertiary/aromatic N) is 1. The fraction of sp³-hybridized carbons (Fsp3) is 0.368. The maximum atomic E-state index is 12.5. The summed E-state index contributed by atoms with van der Waals surface area (Å²) >= 11 is 0. The average molecular weight is 360 g/mol. The molecule has 0 radical (unpaired) electrons. The van der Waals surface area contributed by atoms with E-state index in [1.165, 1.54) is 0 Å². The van der Waals surface area contributed by atoms with Gasteiger partial charge in [-0.25, -0.2) is 13.1 Å². The van der Waals surface area contributed by atoms with Crippen LogP contribution in [-0.4, -0.2) is 34.7 Å². The molecule has 0 atom stereocenters. The first-order valence-corrected chi connectivity index (χ1v) is 9.92. The molecule has 1 aliphatic heterocycles. The SMILES string of the molecule is Cc1ccc(S(=O)(=O)NCc2ccc(N3CCOCC3)cc2)c(C)c1. The number of nitrogens with one attached hydrogen (secondary N) is 1.